The molecule has 0 atom stereocenters. The van der Waals surface area contributed by atoms with Crippen molar-refractivity contribution in [2.24, 2.45) is 0 Å². The van der Waals surface area contributed by atoms with Gasteiger partial charge >= 0.3 is 0 Å². The minimum atomic E-state index is -0.192. The van der Waals surface area contributed by atoms with E-state index in [0.717, 1.165) is 11.1 Å². The Bertz CT molecular complexity index is 525. The monoisotopic (exact) mass is 231 g/mol. The van der Waals surface area contributed by atoms with Crippen molar-refractivity contribution >= 4 is 0 Å². The summed E-state index contributed by atoms with van der Waals surface area (Å²) in [7, 11) is 0. The van der Waals surface area contributed by atoms with Crippen LogP contribution in [0, 0.1) is 19.7 Å². The van der Waals surface area contributed by atoms with Crippen LogP contribution in [-0.4, -0.2) is 4.98 Å². The fourth-order valence-corrected chi connectivity index (χ4v) is 1.54. The average Bonchev–Trinajstić information content (AvgIpc) is 2.31. The van der Waals surface area contributed by atoms with Gasteiger partial charge in [0.15, 0.2) is 0 Å². The molecule has 88 valence electrons. The second-order valence-corrected chi connectivity index (χ2v) is 4.04. The van der Waals surface area contributed by atoms with E-state index in [1.54, 1.807) is 25.3 Å². The van der Waals surface area contributed by atoms with Crippen LogP contribution in [0.15, 0.2) is 36.5 Å². The van der Waals surface area contributed by atoms with Crippen molar-refractivity contribution in [3.05, 3.63) is 59.0 Å². The highest BCUT2D eigenvalue weighted by Gasteiger charge is 2.01. The Morgan fingerprint density at radius 2 is 2.00 bits per heavy atom. The predicted octanol–water partition coefficient (Wildman–Crippen LogP) is 3.42. The molecule has 0 amide bonds. The lowest BCUT2D eigenvalue weighted by Crippen LogP contribution is -1.98. The summed E-state index contributed by atoms with van der Waals surface area (Å²) in [6.07, 6.45) is 1.71. The maximum Gasteiger partial charge on any atom is 0.213 e. The maximum absolute atomic E-state index is 13.1. The lowest BCUT2D eigenvalue weighted by Gasteiger charge is -2.06. The number of pyridine rings is 1. The molecule has 0 aliphatic heterocycles. The Morgan fingerprint density at radius 3 is 2.71 bits per heavy atom. The third-order valence-corrected chi connectivity index (χ3v) is 2.50. The highest BCUT2D eigenvalue weighted by atomic mass is 19.1. The number of aromatic nitrogens is 1. The molecule has 1 aromatic carbocycles. The van der Waals surface area contributed by atoms with Gasteiger partial charge in [-0.05, 0) is 48.7 Å². The number of halogens is 1. The number of aryl methyl sites for hydroxylation is 2. The number of nitrogens with zero attached hydrogens (tertiary/aromatic N) is 1. The van der Waals surface area contributed by atoms with Crippen LogP contribution in [0.4, 0.5) is 4.39 Å². The summed E-state index contributed by atoms with van der Waals surface area (Å²) < 4.78 is 18.6. The normalized spacial score (nSPS) is 10.3. The molecule has 0 spiro atoms. The Hall–Kier alpha value is -1.90. The molecular weight excluding hydrogens is 217 g/mol. The smallest absolute Gasteiger partial charge is 0.213 e. The van der Waals surface area contributed by atoms with E-state index in [0.29, 0.717) is 18.1 Å². The quantitative estimate of drug-likeness (QED) is 0.807. The molecule has 0 saturated heterocycles. The van der Waals surface area contributed by atoms with E-state index in [2.05, 4.69) is 4.98 Å². The van der Waals surface area contributed by atoms with Crippen LogP contribution >= 0.6 is 0 Å². The van der Waals surface area contributed by atoms with Gasteiger partial charge in [0, 0.05) is 12.3 Å². The average molecular weight is 231 g/mol. The van der Waals surface area contributed by atoms with Crippen LogP contribution in [0.3, 0.4) is 0 Å². The van der Waals surface area contributed by atoms with Gasteiger partial charge in [-0.2, -0.15) is 0 Å². The van der Waals surface area contributed by atoms with Crippen LogP contribution < -0.4 is 4.74 Å². The van der Waals surface area contributed by atoms with Crippen LogP contribution in [0.2, 0.25) is 0 Å². The first-order chi connectivity index (χ1) is 8.15. The van der Waals surface area contributed by atoms with Crippen LogP contribution in [0.1, 0.15) is 16.7 Å². The van der Waals surface area contributed by atoms with E-state index in [9.17, 15) is 4.39 Å². The molecule has 3 heteroatoms. The SMILES string of the molecule is Cc1ccnc(OCc2ccc(F)c(C)c2)c1. The van der Waals surface area contributed by atoms with Crippen molar-refractivity contribution < 1.29 is 9.13 Å². The number of benzene rings is 1. The van der Waals surface area contributed by atoms with Gasteiger partial charge in [0.25, 0.3) is 0 Å². The Morgan fingerprint density at radius 1 is 1.18 bits per heavy atom. The third-order valence-electron chi connectivity index (χ3n) is 2.50. The summed E-state index contributed by atoms with van der Waals surface area (Å²) in [4.78, 5) is 4.10. The number of rotatable bonds is 3. The summed E-state index contributed by atoms with van der Waals surface area (Å²) >= 11 is 0. The van der Waals surface area contributed by atoms with E-state index in [1.807, 2.05) is 19.1 Å². The zero-order valence-electron chi connectivity index (χ0n) is 9.90. The first-order valence-corrected chi connectivity index (χ1v) is 5.45. The molecule has 17 heavy (non-hydrogen) atoms. The van der Waals surface area contributed by atoms with Crippen molar-refractivity contribution in [2.45, 2.75) is 20.5 Å². The Kier molecular flexibility index (Phi) is 3.38. The van der Waals surface area contributed by atoms with Crippen molar-refractivity contribution in [3.8, 4) is 5.88 Å². The van der Waals surface area contributed by atoms with E-state index in [1.165, 1.54) is 6.07 Å². The van der Waals surface area contributed by atoms with Gasteiger partial charge in [0.1, 0.15) is 12.4 Å². The zero-order chi connectivity index (χ0) is 12.3. The van der Waals surface area contributed by atoms with Crippen LogP contribution in [-0.2, 0) is 6.61 Å². The highest BCUT2D eigenvalue weighted by Crippen LogP contribution is 2.13. The lowest BCUT2D eigenvalue weighted by molar-refractivity contribution is 0.293. The summed E-state index contributed by atoms with van der Waals surface area (Å²) in [6.45, 7) is 4.12. The molecule has 1 heterocycles. The van der Waals surface area contributed by atoms with Crippen LogP contribution in [0.25, 0.3) is 0 Å². The molecule has 0 radical (unpaired) electrons. The van der Waals surface area contributed by atoms with E-state index < -0.39 is 0 Å². The van der Waals surface area contributed by atoms with E-state index in [4.69, 9.17) is 4.74 Å². The van der Waals surface area contributed by atoms with Gasteiger partial charge in [-0.1, -0.05) is 6.07 Å². The largest absolute Gasteiger partial charge is 0.473 e. The predicted molar refractivity (Wildman–Crippen MR) is 64.4 cm³/mol. The first kappa shape index (κ1) is 11.6. The molecule has 2 rings (SSSR count). The fraction of sp³-hybridized carbons (Fsp3) is 0.214. The van der Waals surface area contributed by atoms with Gasteiger partial charge < -0.3 is 4.74 Å². The van der Waals surface area contributed by atoms with Gasteiger partial charge in [-0.15, -0.1) is 0 Å². The molecule has 0 fully saturated rings. The Balaban J connectivity index is 2.05. The highest BCUT2D eigenvalue weighted by molar-refractivity contribution is 5.24. The standard InChI is InChI=1S/C14H14FNO/c1-10-5-6-16-14(7-10)17-9-12-3-4-13(15)11(2)8-12/h3-8H,9H2,1-2H3. The zero-order valence-corrected chi connectivity index (χ0v) is 9.90. The molecule has 0 unspecified atom stereocenters. The number of hydrogen-bond donors (Lipinski definition) is 0. The van der Waals surface area contributed by atoms with Crippen LogP contribution in [0.5, 0.6) is 5.88 Å². The fourth-order valence-electron chi connectivity index (χ4n) is 1.54. The number of hydrogen-bond acceptors (Lipinski definition) is 2. The summed E-state index contributed by atoms with van der Waals surface area (Å²) in [5, 5.41) is 0. The van der Waals surface area contributed by atoms with E-state index in [-0.39, 0.29) is 5.82 Å². The second-order valence-electron chi connectivity index (χ2n) is 4.04. The molecule has 0 N–H and O–H groups in total. The van der Waals surface area contributed by atoms with Gasteiger partial charge in [-0.3, -0.25) is 0 Å². The Labute approximate surface area is 100 Å². The minimum absolute atomic E-state index is 0.192. The summed E-state index contributed by atoms with van der Waals surface area (Å²) in [5.41, 5.74) is 2.67. The third kappa shape index (κ3) is 3.03. The lowest BCUT2D eigenvalue weighted by atomic mass is 10.1. The molecular formula is C14H14FNO. The van der Waals surface area contributed by atoms with Crippen molar-refractivity contribution in [1.29, 1.82) is 0 Å². The maximum atomic E-state index is 13.1. The molecule has 0 saturated carbocycles. The second kappa shape index (κ2) is 4.95. The molecule has 0 bridgehead atoms. The first-order valence-electron chi connectivity index (χ1n) is 5.45. The van der Waals surface area contributed by atoms with Crippen molar-refractivity contribution in [1.82, 2.24) is 4.98 Å². The molecule has 2 aromatic rings. The van der Waals surface area contributed by atoms with Gasteiger partial charge in [0.2, 0.25) is 5.88 Å². The molecule has 2 nitrogen and oxygen atoms in total. The van der Waals surface area contributed by atoms with Gasteiger partial charge in [0.05, 0.1) is 0 Å². The number of ether oxygens (including phenoxy) is 1. The summed E-state index contributed by atoms with van der Waals surface area (Å²) in [6, 6.07) is 8.74. The van der Waals surface area contributed by atoms with Crippen molar-refractivity contribution in [3.63, 3.8) is 0 Å². The topological polar surface area (TPSA) is 22.1 Å². The molecule has 0 aliphatic carbocycles. The van der Waals surface area contributed by atoms with Crippen molar-refractivity contribution in [2.75, 3.05) is 0 Å². The minimum Gasteiger partial charge on any atom is -0.473 e. The van der Waals surface area contributed by atoms with E-state index >= 15 is 0 Å². The summed E-state index contributed by atoms with van der Waals surface area (Å²) in [5.74, 6) is 0.398. The van der Waals surface area contributed by atoms with Gasteiger partial charge in [-0.25, -0.2) is 9.37 Å². The molecule has 0 aliphatic rings. The molecule has 1 aromatic heterocycles.